The fraction of sp³-hybridized carbons (Fsp3) is 0.500. The minimum absolute atomic E-state index is 0.773. The Bertz CT molecular complexity index is 209. The van der Waals surface area contributed by atoms with Crippen LogP contribution in [-0.2, 0) is 23.9 Å². The number of hydrogen-bond acceptors (Lipinski definition) is 7. The van der Waals surface area contributed by atoms with Crippen LogP contribution in [0.15, 0.2) is 0 Å². The first kappa shape index (κ1) is 11.5. The Hall–Kier alpha value is -1.47. The molecule has 0 amide bonds. The quantitative estimate of drug-likeness (QED) is 0.376. The summed E-state index contributed by atoms with van der Waals surface area (Å²) in [5, 5.41) is 16.3. The van der Waals surface area contributed by atoms with Gasteiger partial charge in [0, 0.05) is 0 Å². The van der Waals surface area contributed by atoms with Crippen molar-refractivity contribution >= 4 is 17.9 Å². The maximum absolute atomic E-state index is 10.5. The van der Waals surface area contributed by atoms with Crippen molar-refractivity contribution in [3.8, 4) is 0 Å². The van der Waals surface area contributed by atoms with E-state index in [9.17, 15) is 14.4 Å². The van der Waals surface area contributed by atoms with Crippen LogP contribution >= 0.6 is 0 Å². The van der Waals surface area contributed by atoms with Crippen LogP contribution in [0, 0.1) is 0 Å². The largest absolute Gasteiger partial charge is 0.452 e. The zero-order valence-corrected chi connectivity index (χ0v) is 6.56. The molecule has 0 rings (SSSR count). The number of carbonyl (C=O) groups is 3. The highest BCUT2D eigenvalue weighted by Gasteiger charge is 2.11. The van der Waals surface area contributed by atoms with Gasteiger partial charge in [-0.25, -0.2) is 14.4 Å². The molecule has 0 spiro atoms. The second-order valence-electron chi connectivity index (χ2n) is 1.82. The third-order valence-corrected chi connectivity index (χ3v) is 0.837. The number of esters is 3. The average Bonchev–Trinajstić information content (AvgIpc) is 2.13. The summed E-state index contributed by atoms with van der Waals surface area (Å²) in [7, 11) is 0. The lowest BCUT2D eigenvalue weighted by Gasteiger charge is -2.01. The molecule has 0 saturated heterocycles. The number of aliphatic hydroxyl groups excluding tert-OH is 2. The Labute approximate surface area is 72.9 Å². The Morgan fingerprint density at radius 3 is 1.92 bits per heavy atom. The van der Waals surface area contributed by atoms with Gasteiger partial charge in [0.15, 0.2) is 6.61 Å². The van der Waals surface area contributed by atoms with Crippen molar-refractivity contribution in [2.45, 2.75) is 0 Å². The molecule has 7 nitrogen and oxygen atoms in total. The van der Waals surface area contributed by atoms with Crippen molar-refractivity contribution in [2.75, 3.05) is 19.8 Å². The number of hydrogen-bond donors (Lipinski definition) is 2. The number of rotatable bonds is 4. The molecule has 0 aromatic carbocycles. The van der Waals surface area contributed by atoms with Gasteiger partial charge in [-0.3, -0.25) is 0 Å². The van der Waals surface area contributed by atoms with Gasteiger partial charge in [-0.05, 0) is 0 Å². The van der Waals surface area contributed by atoms with E-state index < -0.39 is 37.7 Å². The smallest absolute Gasteiger partial charge is 0.351 e. The number of carbonyl (C=O) groups excluding carboxylic acids is 3. The van der Waals surface area contributed by atoms with Gasteiger partial charge in [0.2, 0.25) is 0 Å². The van der Waals surface area contributed by atoms with E-state index in [1.165, 1.54) is 0 Å². The summed E-state index contributed by atoms with van der Waals surface area (Å²) in [6.45, 7) is -2.56. The summed E-state index contributed by atoms with van der Waals surface area (Å²) < 4.78 is 8.01. The van der Waals surface area contributed by atoms with Crippen molar-refractivity contribution in [1.29, 1.82) is 0 Å². The predicted molar refractivity (Wildman–Crippen MR) is 36.2 cm³/mol. The van der Waals surface area contributed by atoms with Crippen molar-refractivity contribution in [2.24, 2.45) is 0 Å². The highest BCUT2D eigenvalue weighted by atomic mass is 16.6. The van der Waals surface area contributed by atoms with E-state index in [1.807, 2.05) is 0 Å². The van der Waals surface area contributed by atoms with Crippen molar-refractivity contribution in [3.05, 3.63) is 0 Å². The van der Waals surface area contributed by atoms with E-state index >= 15 is 0 Å². The Morgan fingerprint density at radius 2 is 1.46 bits per heavy atom. The predicted octanol–water partition coefficient (Wildman–Crippen LogP) is -2.42. The molecule has 0 radical (unpaired) electrons. The van der Waals surface area contributed by atoms with Crippen molar-refractivity contribution < 1.29 is 34.1 Å². The van der Waals surface area contributed by atoms with Crippen molar-refractivity contribution in [3.63, 3.8) is 0 Å². The van der Waals surface area contributed by atoms with Gasteiger partial charge in [-0.2, -0.15) is 0 Å². The van der Waals surface area contributed by atoms with E-state index in [2.05, 4.69) is 9.47 Å². The first-order valence-electron chi connectivity index (χ1n) is 3.21. The van der Waals surface area contributed by atoms with Crippen LogP contribution < -0.4 is 0 Å². The molecular weight excluding hydrogens is 184 g/mol. The van der Waals surface area contributed by atoms with Crippen LogP contribution in [0.1, 0.15) is 0 Å². The fourth-order valence-corrected chi connectivity index (χ4v) is 0.374. The normalized spacial score (nSPS) is 9.08. The van der Waals surface area contributed by atoms with E-state index in [-0.39, 0.29) is 0 Å². The second kappa shape index (κ2) is 6.09. The lowest BCUT2D eigenvalue weighted by Crippen LogP contribution is -2.22. The second-order valence-corrected chi connectivity index (χ2v) is 1.82. The van der Waals surface area contributed by atoms with Gasteiger partial charge >= 0.3 is 17.9 Å². The standard InChI is InChI=1S/C6H8O7/c7-1-4(9)12-3-6(11)13-5(10)2-8/h7-8H,1-3H2. The summed E-state index contributed by atoms with van der Waals surface area (Å²) in [4.78, 5) is 31.0. The zero-order chi connectivity index (χ0) is 10.3. The molecule has 0 fully saturated rings. The molecule has 0 aliphatic heterocycles. The minimum Gasteiger partial charge on any atom is -0.452 e. The summed E-state index contributed by atoms with van der Waals surface area (Å²) in [6.07, 6.45) is 0. The van der Waals surface area contributed by atoms with E-state index in [4.69, 9.17) is 10.2 Å². The van der Waals surface area contributed by atoms with Gasteiger partial charge in [0.1, 0.15) is 13.2 Å². The molecule has 0 aliphatic rings. The number of aliphatic hydroxyl groups is 2. The average molecular weight is 192 g/mol. The molecule has 0 aromatic heterocycles. The summed E-state index contributed by atoms with van der Waals surface area (Å²) in [5.74, 6) is -3.25. The molecule has 0 aliphatic carbocycles. The van der Waals surface area contributed by atoms with E-state index in [0.29, 0.717) is 0 Å². The molecule has 0 unspecified atom stereocenters. The molecule has 13 heavy (non-hydrogen) atoms. The highest BCUT2D eigenvalue weighted by molar-refractivity contribution is 5.87. The first-order valence-corrected chi connectivity index (χ1v) is 3.21. The molecule has 7 heteroatoms. The van der Waals surface area contributed by atoms with Gasteiger partial charge < -0.3 is 19.7 Å². The van der Waals surface area contributed by atoms with Gasteiger partial charge in [-0.15, -0.1) is 0 Å². The summed E-state index contributed by atoms with van der Waals surface area (Å²) in [5.41, 5.74) is 0. The third kappa shape index (κ3) is 5.76. The molecule has 0 saturated carbocycles. The lowest BCUT2D eigenvalue weighted by atomic mass is 10.6. The monoisotopic (exact) mass is 192 g/mol. The van der Waals surface area contributed by atoms with Crippen LogP contribution in [0.5, 0.6) is 0 Å². The molecule has 0 bridgehead atoms. The van der Waals surface area contributed by atoms with E-state index in [1.54, 1.807) is 0 Å². The summed E-state index contributed by atoms with van der Waals surface area (Å²) >= 11 is 0. The zero-order valence-electron chi connectivity index (χ0n) is 6.56. The molecule has 0 atom stereocenters. The fourth-order valence-electron chi connectivity index (χ4n) is 0.374. The Morgan fingerprint density at radius 1 is 0.923 bits per heavy atom. The molecule has 0 heterocycles. The molecular formula is C6H8O7. The molecule has 74 valence electrons. The summed E-state index contributed by atoms with van der Waals surface area (Å²) in [6, 6.07) is 0. The van der Waals surface area contributed by atoms with Crippen LogP contribution in [0.4, 0.5) is 0 Å². The van der Waals surface area contributed by atoms with Crippen LogP contribution in [0.3, 0.4) is 0 Å². The van der Waals surface area contributed by atoms with Crippen molar-refractivity contribution in [1.82, 2.24) is 0 Å². The third-order valence-electron chi connectivity index (χ3n) is 0.837. The van der Waals surface area contributed by atoms with Crippen LogP contribution in [0.2, 0.25) is 0 Å². The Balaban J connectivity index is 3.63. The maximum atomic E-state index is 10.5. The molecule has 0 aromatic rings. The van der Waals surface area contributed by atoms with Crippen LogP contribution in [-0.4, -0.2) is 47.9 Å². The maximum Gasteiger partial charge on any atom is 0.351 e. The topological polar surface area (TPSA) is 110 Å². The SMILES string of the molecule is O=C(CO)OCC(=O)OC(=O)CO. The minimum atomic E-state index is -1.13. The lowest BCUT2D eigenvalue weighted by molar-refractivity contribution is -0.169. The van der Waals surface area contributed by atoms with E-state index in [0.717, 1.165) is 0 Å². The number of ether oxygens (including phenoxy) is 2. The highest BCUT2D eigenvalue weighted by Crippen LogP contribution is 1.83. The van der Waals surface area contributed by atoms with Gasteiger partial charge in [-0.1, -0.05) is 0 Å². The van der Waals surface area contributed by atoms with Crippen LogP contribution in [0.25, 0.3) is 0 Å². The molecule has 2 N–H and O–H groups in total. The van der Waals surface area contributed by atoms with Gasteiger partial charge in [0.25, 0.3) is 0 Å². The first-order chi connectivity index (χ1) is 6.10. The van der Waals surface area contributed by atoms with Gasteiger partial charge in [0.05, 0.1) is 0 Å². The Kier molecular flexibility index (Phi) is 5.40.